The smallest absolute Gasteiger partial charge is 0.255 e. The van der Waals surface area contributed by atoms with Gasteiger partial charge in [0.05, 0.1) is 5.56 Å². The molecule has 2 fully saturated rings. The zero-order valence-electron chi connectivity index (χ0n) is 13.3. The van der Waals surface area contributed by atoms with E-state index in [1.807, 2.05) is 12.1 Å². The molecule has 1 aromatic heterocycles. The monoisotopic (exact) mass is 360 g/mol. The molecular weight excluding hydrogens is 335 g/mol. The van der Waals surface area contributed by atoms with Crippen molar-refractivity contribution >= 4 is 36.5 Å². The molecule has 0 unspecified atom stereocenters. The lowest BCUT2D eigenvalue weighted by Gasteiger charge is -2.30. The second-order valence-corrected chi connectivity index (χ2v) is 5.94. The summed E-state index contributed by atoms with van der Waals surface area (Å²) >= 11 is 0. The maximum atomic E-state index is 12.6. The van der Waals surface area contributed by atoms with E-state index in [9.17, 15) is 4.79 Å². The number of carbonyl (C=O) groups excluding carboxylic acids is 1. The minimum absolute atomic E-state index is 0. The van der Waals surface area contributed by atoms with Crippen LogP contribution in [0.3, 0.4) is 0 Å². The van der Waals surface area contributed by atoms with Crippen LogP contribution in [-0.2, 0) is 0 Å². The van der Waals surface area contributed by atoms with E-state index in [4.69, 9.17) is 0 Å². The first-order valence-electron chi connectivity index (χ1n) is 8.06. The van der Waals surface area contributed by atoms with Gasteiger partial charge >= 0.3 is 0 Å². The molecule has 5 nitrogen and oxygen atoms in total. The van der Waals surface area contributed by atoms with Crippen LogP contribution in [0.5, 0.6) is 0 Å². The number of amides is 1. The SMILES string of the molecule is Cl.Cl.O=C(N[C@H]1CCCNC1)c1cccnc1N1CCCCC1. The number of hydrogen-bond donors (Lipinski definition) is 2. The molecule has 1 amide bonds. The molecule has 0 spiro atoms. The van der Waals surface area contributed by atoms with Crippen LogP contribution in [0.2, 0.25) is 0 Å². The van der Waals surface area contributed by atoms with Gasteiger partial charge in [0, 0.05) is 31.9 Å². The highest BCUT2D eigenvalue weighted by atomic mass is 35.5. The highest BCUT2D eigenvalue weighted by Gasteiger charge is 2.22. The Labute approximate surface area is 150 Å². The lowest BCUT2D eigenvalue weighted by atomic mass is 10.1. The van der Waals surface area contributed by atoms with Gasteiger partial charge in [-0.25, -0.2) is 4.98 Å². The molecule has 0 aromatic carbocycles. The molecule has 2 saturated heterocycles. The number of carbonyl (C=O) groups is 1. The topological polar surface area (TPSA) is 57.3 Å². The standard InChI is InChI=1S/C16H24N4O.2ClH/c21-16(19-13-6-4-8-17-12-13)14-7-5-9-18-15(14)20-10-2-1-3-11-20;;/h5,7,9,13,17H,1-4,6,8,10-12H2,(H,19,21);2*1H/t13-;;/m0../s1. The van der Waals surface area contributed by atoms with Gasteiger partial charge in [0.1, 0.15) is 5.82 Å². The van der Waals surface area contributed by atoms with Crippen LogP contribution in [0, 0.1) is 0 Å². The first kappa shape index (κ1) is 20.0. The lowest BCUT2D eigenvalue weighted by molar-refractivity contribution is 0.0931. The molecule has 2 aliphatic rings. The summed E-state index contributed by atoms with van der Waals surface area (Å²) in [5, 5.41) is 6.48. The molecule has 7 heteroatoms. The Morgan fingerprint density at radius 3 is 2.70 bits per heavy atom. The zero-order valence-corrected chi connectivity index (χ0v) is 14.9. The molecule has 3 rings (SSSR count). The van der Waals surface area contributed by atoms with Gasteiger partial charge in [0.25, 0.3) is 5.91 Å². The number of rotatable bonds is 3. The predicted octanol–water partition coefficient (Wildman–Crippen LogP) is 2.40. The quantitative estimate of drug-likeness (QED) is 0.868. The van der Waals surface area contributed by atoms with Gasteiger partial charge < -0.3 is 15.5 Å². The van der Waals surface area contributed by atoms with E-state index in [0.29, 0.717) is 5.56 Å². The molecule has 1 atom stereocenters. The molecule has 0 bridgehead atoms. The molecule has 0 aliphatic carbocycles. The van der Waals surface area contributed by atoms with Crippen LogP contribution < -0.4 is 15.5 Å². The summed E-state index contributed by atoms with van der Waals surface area (Å²) in [5.41, 5.74) is 0.713. The lowest BCUT2D eigenvalue weighted by Crippen LogP contribution is -2.46. The molecule has 2 aliphatic heterocycles. The number of pyridine rings is 1. The van der Waals surface area contributed by atoms with Crippen molar-refractivity contribution in [1.29, 1.82) is 0 Å². The van der Waals surface area contributed by atoms with E-state index in [0.717, 1.165) is 44.8 Å². The Kier molecular flexibility index (Phi) is 8.66. The number of piperidine rings is 2. The average molecular weight is 361 g/mol. The fraction of sp³-hybridized carbons (Fsp3) is 0.625. The predicted molar refractivity (Wildman–Crippen MR) is 98.2 cm³/mol. The van der Waals surface area contributed by atoms with Crippen molar-refractivity contribution in [1.82, 2.24) is 15.6 Å². The summed E-state index contributed by atoms with van der Waals surface area (Å²) in [5.74, 6) is 0.857. The van der Waals surface area contributed by atoms with Crippen molar-refractivity contribution in [3.8, 4) is 0 Å². The third-order valence-corrected chi connectivity index (χ3v) is 4.32. The van der Waals surface area contributed by atoms with Gasteiger partial charge in [-0.15, -0.1) is 24.8 Å². The zero-order chi connectivity index (χ0) is 14.5. The van der Waals surface area contributed by atoms with E-state index < -0.39 is 0 Å². The van der Waals surface area contributed by atoms with Crippen molar-refractivity contribution in [3.63, 3.8) is 0 Å². The Balaban J connectivity index is 0.00000132. The molecule has 0 radical (unpaired) electrons. The van der Waals surface area contributed by atoms with Crippen molar-refractivity contribution in [2.45, 2.75) is 38.1 Å². The summed E-state index contributed by atoms with van der Waals surface area (Å²) in [6, 6.07) is 3.98. The number of anilines is 1. The number of aromatic nitrogens is 1. The van der Waals surface area contributed by atoms with Crippen LogP contribution in [0.4, 0.5) is 5.82 Å². The van der Waals surface area contributed by atoms with Gasteiger partial charge in [0.15, 0.2) is 0 Å². The summed E-state index contributed by atoms with van der Waals surface area (Å²) < 4.78 is 0. The Morgan fingerprint density at radius 2 is 2.00 bits per heavy atom. The number of halogens is 2. The second-order valence-electron chi connectivity index (χ2n) is 5.94. The Hall–Kier alpha value is -1.04. The fourth-order valence-electron chi connectivity index (χ4n) is 3.17. The van der Waals surface area contributed by atoms with E-state index in [1.54, 1.807) is 6.20 Å². The largest absolute Gasteiger partial charge is 0.356 e. The van der Waals surface area contributed by atoms with Crippen LogP contribution in [0.1, 0.15) is 42.5 Å². The third kappa shape index (κ3) is 5.23. The summed E-state index contributed by atoms with van der Waals surface area (Å²) in [4.78, 5) is 19.3. The highest BCUT2D eigenvalue weighted by molar-refractivity contribution is 5.99. The van der Waals surface area contributed by atoms with Crippen LogP contribution in [-0.4, -0.2) is 43.1 Å². The molecule has 1 aromatic rings. The first-order valence-corrected chi connectivity index (χ1v) is 8.06. The molecule has 0 saturated carbocycles. The molecule has 23 heavy (non-hydrogen) atoms. The van der Waals surface area contributed by atoms with Crippen LogP contribution in [0.25, 0.3) is 0 Å². The Bertz CT molecular complexity index is 489. The molecule has 130 valence electrons. The average Bonchev–Trinajstić information content (AvgIpc) is 2.56. The minimum Gasteiger partial charge on any atom is -0.356 e. The van der Waals surface area contributed by atoms with E-state index in [2.05, 4.69) is 20.5 Å². The van der Waals surface area contributed by atoms with Gasteiger partial charge in [-0.3, -0.25) is 4.79 Å². The highest BCUT2D eigenvalue weighted by Crippen LogP contribution is 2.21. The van der Waals surface area contributed by atoms with Gasteiger partial charge in [-0.2, -0.15) is 0 Å². The number of hydrogen-bond acceptors (Lipinski definition) is 4. The first-order chi connectivity index (χ1) is 10.3. The summed E-state index contributed by atoms with van der Waals surface area (Å²) in [6.45, 7) is 3.92. The van der Waals surface area contributed by atoms with Crippen molar-refractivity contribution < 1.29 is 4.79 Å². The number of nitrogens with one attached hydrogen (secondary N) is 2. The third-order valence-electron chi connectivity index (χ3n) is 4.32. The van der Waals surface area contributed by atoms with Crippen LogP contribution in [0.15, 0.2) is 18.3 Å². The summed E-state index contributed by atoms with van der Waals surface area (Å²) in [6.07, 6.45) is 7.60. The maximum Gasteiger partial charge on any atom is 0.255 e. The Morgan fingerprint density at radius 1 is 1.22 bits per heavy atom. The van der Waals surface area contributed by atoms with Gasteiger partial charge in [-0.05, 0) is 50.8 Å². The second kappa shape index (κ2) is 9.96. The van der Waals surface area contributed by atoms with Crippen molar-refractivity contribution in [2.75, 3.05) is 31.1 Å². The van der Waals surface area contributed by atoms with E-state index in [-0.39, 0.29) is 36.8 Å². The van der Waals surface area contributed by atoms with E-state index in [1.165, 1.54) is 19.3 Å². The van der Waals surface area contributed by atoms with Gasteiger partial charge in [-0.1, -0.05) is 0 Å². The molecular formula is C16H26Cl2N4O. The fourth-order valence-corrected chi connectivity index (χ4v) is 3.17. The number of nitrogens with zero attached hydrogens (tertiary/aromatic N) is 2. The van der Waals surface area contributed by atoms with Crippen molar-refractivity contribution in [2.24, 2.45) is 0 Å². The molecule has 3 heterocycles. The van der Waals surface area contributed by atoms with Crippen molar-refractivity contribution in [3.05, 3.63) is 23.9 Å². The summed E-state index contributed by atoms with van der Waals surface area (Å²) in [7, 11) is 0. The normalized spacial score (nSPS) is 20.9. The molecule has 2 N–H and O–H groups in total. The van der Waals surface area contributed by atoms with Gasteiger partial charge in [0.2, 0.25) is 0 Å². The van der Waals surface area contributed by atoms with E-state index >= 15 is 0 Å². The minimum atomic E-state index is 0. The van der Waals surface area contributed by atoms with Crippen LogP contribution >= 0.6 is 24.8 Å². The maximum absolute atomic E-state index is 12.6.